The number of halogens is 1. The van der Waals surface area contributed by atoms with Gasteiger partial charge in [-0.3, -0.25) is 0 Å². The predicted molar refractivity (Wildman–Crippen MR) is 99.7 cm³/mol. The molecule has 5 rings (SSSR count). The highest BCUT2D eigenvalue weighted by atomic mass is 32.2. The average molecular weight is 364 g/mol. The van der Waals surface area contributed by atoms with Gasteiger partial charge in [-0.05, 0) is 31.2 Å². The molecule has 3 aromatic heterocycles. The lowest BCUT2D eigenvalue weighted by atomic mass is 10.2. The maximum absolute atomic E-state index is 13.8. The summed E-state index contributed by atoms with van der Waals surface area (Å²) in [6.07, 6.45) is 0. The van der Waals surface area contributed by atoms with E-state index in [4.69, 9.17) is 4.42 Å². The molecular weight excluding hydrogens is 351 g/mol. The van der Waals surface area contributed by atoms with Crippen LogP contribution in [-0.4, -0.2) is 19.9 Å². The van der Waals surface area contributed by atoms with Crippen LogP contribution in [-0.2, 0) is 5.75 Å². The van der Waals surface area contributed by atoms with Crippen molar-refractivity contribution in [2.45, 2.75) is 17.7 Å². The van der Waals surface area contributed by atoms with Gasteiger partial charge in [-0.25, -0.2) is 19.3 Å². The molecule has 7 heteroatoms. The van der Waals surface area contributed by atoms with Gasteiger partial charge in [-0.2, -0.15) is 0 Å². The Kier molecular flexibility index (Phi) is 3.43. The van der Waals surface area contributed by atoms with Gasteiger partial charge in [0.25, 0.3) is 0 Å². The lowest BCUT2D eigenvalue weighted by molar-refractivity contribution is 0.637. The lowest BCUT2D eigenvalue weighted by Crippen LogP contribution is -1.92. The van der Waals surface area contributed by atoms with E-state index in [0.717, 1.165) is 21.5 Å². The van der Waals surface area contributed by atoms with Crippen LogP contribution in [0.3, 0.4) is 0 Å². The van der Waals surface area contributed by atoms with Crippen molar-refractivity contribution in [3.05, 3.63) is 59.9 Å². The summed E-state index contributed by atoms with van der Waals surface area (Å²) in [5.74, 6) is 1.57. The van der Waals surface area contributed by atoms with Crippen LogP contribution in [0.25, 0.3) is 33.1 Å². The summed E-state index contributed by atoms with van der Waals surface area (Å²) in [6.45, 7) is 1.86. The van der Waals surface area contributed by atoms with Gasteiger partial charge in [0.05, 0.1) is 11.3 Å². The highest BCUT2D eigenvalue weighted by Crippen LogP contribution is 2.34. The van der Waals surface area contributed by atoms with Gasteiger partial charge >= 0.3 is 0 Å². The Morgan fingerprint density at radius 3 is 2.81 bits per heavy atom. The number of imidazole rings is 1. The number of fused-ring (bicyclic) bond motifs is 4. The van der Waals surface area contributed by atoms with Gasteiger partial charge in [-0.1, -0.05) is 30.0 Å². The maximum Gasteiger partial charge on any atom is 0.186 e. The molecule has 0 fully saturated rings. The van der Waals surface area contributed by atoms with E-state index in [2.05, 4.69) is 19.9 Å². The molecule has 0 saturated heterocycles. The number of para-hydroxylation sites is 2. The number of benzene rings is 2. The monoisotopic (exact) mass is 364 g/mol. The van der Waals surface area contributed by atoms with Gasteiger partial charge in [0.15, 0.2) is 11.4 Å². The topological polar surface area (TPSA) is 67.6 Å². The zero-order chi connectivity index (χ0) is 17.7. The Labute approximate surface area is 151 Å². The Morgan fingerprint density at radius 2 is 1.92 bits per heavy atom. The van der Waals surface area contributed by atoms with E-state index in [1.165, 1.54) is 17.8 Å². The molecule has 5 nitrogen and oxygen atoms in total. The molecule has 2 aromatic carbocycles. The van der Waals surface area contributed by atoms with Crippen LogP contribution in [0.15, 0.2) is 51.9 Å². The van der Waals surface area contributed by atoms with Crippen molar-refractivity contribution in [2.75, 3.05) is 0 Å². The van der Waals surface area contributed by atoms with Crippen LogP contribution in [0.5, 0.6) is 0 Å². The van der Waals surface area contributed by atoms with E-state index in [0.29, 0.717) is 34.0 Å². The number of H-pyrrole nitrogens is 1. The molecule has 0 radical (unpaired) electrons. The number of furan rings is 1. The SMILES string of the molecule is Cc1nc(SCc2nc3c(F)cccc3[nH]2)c2oc3ccccc3c2n1. The van der Waals surface area contributed by atoms with E-state index in [1.807, 2.05) is 37.3 Å². The molecule has 5 aromatic rings. The normalized spacial score (nSPS) is 11.8. The molecule has 26 heavy (non-hydrogen) atoms. The first kappa shape index (κ1) is 15.3. The van der Waals surface area contributed by atoms with Crippen LogP contribution in [0.1, 0.15) is 11.6 Å². The van der Waals surface area contributed by atoms with E-state index in [-0.39, 0.29) is 5.82 Å². The number of hydrogen-bond donors (Lipinski definition) is 1. The molecule has 0 aliphatic heterocycles. The fourth-order valence-corrected chi connectivity index (χ4v) is 3.90. The second-order valence-corrected chi connectivity index (χ2v) is 6.92. The number of nitrogens with zero attached hydrogens (tertiary/aromatic N) is 3. The Morgan fingerprint density at radius 1 is 1.04 bits per heavy atom. The first-order valence-electron chi connectivity index (χ1n) is 8.11. The Bertz CT molecular complexity index is 1280. The molecule has 1 N–H and O–H groups in total. The minimum atomic E-state index is -0.326. The van der Waals surface area contributed by atoms with Crippen LogP contribution in [0.2, 0.25) is 0 Å². The summed E-state index contributed by atoms with van der Waals surface area (Å²) in [4.78, 5) is 16.6. The van der Waals surface area contributed by atoms with E-state index < -0.39 is 0 Å². The Hall–Kier alpha value is -2.93. The summed E-state index contributed by atoms with van der Waals surface area (Å²) in [7, 11) is 0. The third kappa shape index (κ3) is 2.43. The number of nitrogens with one attached hydrogen (secondary N) is 1. The standard InChI is InChI=1S/C19H13FN4OS/c1-10-21-16-11-5-2-3-8-14(11)25-18(16)19(22-10)26-9-15-23-13-7-4-6-12(20)17(13)24-15/h2-8H,9H2,1H3,(H,23,24). The second-order valence-electron chi connectivity index (χ2n) is 5.96. The molecule has 0 spiro atoms. The third-order valence-corrected chi connectivity index (χ3v) is 5.13. The van der Waals surface area contributed by atoms with Crippen molar-refractivity contribution in [1.29, 1.82) is 0 Å². The summed E-state index contributed by atoms with van der Waals surface area (Å²) < 4.78 is 19.8. The highest BCUT2D eigenvalue weighted by Gasteiger charge is 2.16. The zero-order valence-corrected chi connectivity index (χ0v) is 14.6. The molecule has 0 aliphatic rings. The molecule has 0 aliphatic carbocycles. The first-order valence-corrected chi connectivity index (χ1v) is 9.09. The van der Waals surface area contributed by atoms with Crippen molar-refractivity contribution in [1.82, 2.24) is 19.9 Å². The number of aromatic amines is 1. The summed E-state index contributed by atoms with van der Waals surface area (Å²) in [6, 6.07) is 12.7. The maximum atomic E-state index is 13.8. The molecule has 0 amide bonds. The minimum absolute atomic E-state index is 0.326. The fourth-order valence-electron chi connectivity index (χ4n) is 3.02. The van der Waals surface area contributed by atoms with Crippen molar-refractivity contribution >= 4 is 44.9 Å². The smallest absolute Gasteiger partial charge is 0.186 e. The first-order chi connectivity index (χ1) is 12.7. The fraction of sp³-hybridized carbons (Fsp3) is 0.105. The van der Waals surface area contributed by atoms with E-state index in [1.54, 1.807) is 6.07 Å². The van der Waals surface area contributed by atoms with Crippen LogP contribution in [0.4, 0.5) is 4.39 Å². The molecular formula is C19H13FN4OS. The van der Waals surface area contributed by atoms with Crippen LogP contribution < -0.4 is 0 Å². The highest BCUT2D eigenvalue weighted by molar-refractivity contribution is 7.98. The largest absolute Gasteiger partial charge is 0.451 e. The second kappa shape index (κ2) is 5.81. The number of rotatable bonds is 3. The van der Waals surface area contributed by atoms with Crippen LogP contribution >= 0.6 is 11.8 Å². The summed E-state index contributed by atoms with van der Waals surface area (Å²) in [5, 5.41) is 1.73. The molecule has 0 bridgehead atoms. The quantitative estimate of drug-likeness (QED) is 0.361. The van der Waals surface area contributed by atoms with Gasteiger partial charge in [0.1, 0.15) is 33.3 Å². The average Bonchev–Trinajstić information content (AvgIpc) is 3.22. The van der Waals surface area contributed by atoms with Gasteiger partial charge in [0, 0.05) is 5.39 Å². The van der Waals surface area contributed by atoms with E-state index >= 15 is 0 Å². The van der Waals surface area contributed by atoms with E-state index in [9.17, 15) is 4.39 Å². The summed E-state index contributed by atoms with van der Waals surface area (Å²) >= 11 is 1.49. The zero-order valence-electron chi connectivity index (χ0n) is 13.8. The summed E-state index contributed by atoms with van der Waals surface area (Å²) in [5.41, 5.74) is 3.31. The van der Waals surface area contributed by atoms with Gasteiger partial charge in [-0.15, -0.1) is 0 Å². The minimum Gasteiger partial charge on any atom is -0.451 e. The van der Waals surface area contributed by atoms with Crippen molar-refractivity contribution in [3.8, 4) is 0 Å². The molecule has 128 valence electrons. The number of aromatic nitrogens is 4. The van der Waals surface area contributed by atoms with Crippen molar-refractivity contribution in [2.24, 2.45) is 0 Å². The Balaban J connectivity index is 1.55. The predicted octanol–water partition coefficient (Wildman–Crippen LogP) is 4.99. The molecule has 0 unspecified atom stereocenters. The van der Waals surface area contributed by atoms with Crippen molar-refractivity contribution < 1.29 is 8.81 Å². The number of thioether (sulfide) groups is 1. The third-order valence-electron chi connectivity index (χ3n) is 4.16. The molecule has 3 heterocycles. The molecule has 0 atom stereocenters. The number of hydrogen-bond acceptors (Lipinski definition) is 5. The van der Waals surface area contributed by atoms with Gasteiger partial charge in [0.2, 0.25) is 0 Å². The molecule has 0 saturated carbocycles. The lowest BCUT2D eigenvalue weighted by Gasteiger charge is -2.01. The van der Waals surface area contributed by atoms with Crippen molar-refractivity contribution in [3.63, 3.8) is 0 Å². The number of aryl methyl sites for hydroxylation is 1. The van der Waals surface area contributed by atoms with Gasteiger partial charge < -0.3 is 9.40 Å². The van der Waals surface area contributed by atoms with Crippen LogP contribution in [0, 0.1) is 12.7 Å².